The van der Waals surface area contributed by atoms with Crippen molar-refractivity contribution in [2.24, 2.45) is 0 Å². The zero-order chi connectivity index (χ0) is 15.0. The molecule has 0 bridgehead atoms. The number of hydrogen-bond donors (Lipinski definition) is 0. The summed E-state index contributed by atoms with van der Waals surface area (Å²) in [7, 11) is -4.21. The quantitative estimate of drug-likeness (QED) is 0.646. The van der Waals surface area contributed by atoms with E-state index in [2.05, 4.69) is 4.18 Å². The molecule has 0 atom stereocenters. The summed E-state index contributed by atoms with van der Waals surface area (Å²) in [6.07, 6.45) is 0. The van der Waals surface area contributed by atoms with Gasteiger partial charge < -0.3 is 8.92 Å². The molecule has 0 unspecified atom stereocenters. The molecule has 0 radical (unpaired) electrons. The fourth-order valence-corrected chi connectivity index (χ4v) is 2.09. The van der Waals surface area contributed by atoms with Gasteiger partial charge in [0.1, 0.15) is 11.5 Å². The fourth-order valence-electron chi connectivity index (χ4n) is 1.64. The Morgan fingerprint density at radius 2 is 1.80 bits per heavy atom. The number of methoxy groups -OCH3 is 1. The Balaban J connectivity index is 2.44. The first-order valence-electron chi connectivity index (χ1n) is 5.32. The Kier molecular flexibility index (Phi) is 3.51. The third kappa shape index (κ3) is 2.64. The lowest BCUT2D eigenvalue weighted by Crippen LogP contribution is -2.28. The van der Waals surface area contributed by atoms with Gasteiger partial charge >= 0.3 is 15.6 Å². The van der Waals surface area contributed by atoms with E-state index in [-0.39, 0.29) is 0 Å². The van der Waals surface area contributed by atoms with Crippen molar-refractivity contribution in [1.82, 2.24) is 0 Å². The molecule has 4 nitrogen and oxygen atoms in total. The summed E-state index contributed by atoms with van der Waals surface area (Å²) in [4.78, 5) is 0. The molecule has 108 valence electrons. The second-order valence-electron chi connectivity index (χ2n) is 3.83. The van der Waals surface area contributed by atoms with Crippen LogP contribution in [0.1, 0.15) is 0 Å². The molecule has 2 aromatic rings. The SMILES string of the molecule is COc1cccc2cc(OS(=O)(=O)C(F)(F)F)ccc12. The van der Waals surface area contributed by atoms with Crippen LogP contribution in [0.4, 0.5) is 13.2 Å². The Hall–Kier alpha value is -1.96. The smallest absolute Gasteiger partial charge is 0.496 e. The molecule has 20 heavy (non-hydrogen) atoms. The van der Waals surface area contributed by atoms with Crippen molar-refractivity contribution < 1.29 is 30.5 Å². The van der Waals surface area contributed by atoms with Crippen molar-refractivity contribution in [1.29, 1.82) is 0 Å². The van der Waals surface area contributed by atoms with Crippen LogP contribution >= 0.6 is 0 Å². The molecular formula is C12H9F3O4S. The van der Waals surface area contributed by atoms with E-state index in [9.17, 15) is 21.6 Å². The van der Waals surface area contributed by atoms with Crippen LogP contribution in [0.25, 0.3) is 10.8 Å². The minimum absolute atomic E-state index is 0.414. The first-order valence-corrected chi connectivity index (χ1v) is 6.73. The summed E-state index contributed by atoms with van der Waals surface area (Å²) in [5.74, 6) is 0.107. The molecular weight excluding hydrogens is 297 g/mol. The highest BCUT2D eigenvalue weighted by Gasteiger charge is 2.48. The largest absolute Gasteiger partial charge is 0.534 e. The molecule has 0 amide bonds. The van der Waals surface area contributed by atoms with E-state index in [1.807, 2.05) is 0 Å². The first-order chi connectivity index (χ1) is 9.24. The van der Waals surface area contributed by atoms with Gasteiger partial charge in [0.05, 0.1) is 7.11 Å². The number of alkyl halides is 3. The van der Waals surface area contributed by atoms with Gasteiger partial charge in [-0.25, -0.2) is 0 Å². The maximum absolute atomic E-state index is 12.2. The van der Waals surface area contributed by atoms with Crippen molar-refractivity contribution in [3.63, 3.8) is 0 Å². The van der Waals surface area contributed by atoms with Crippen LogP contribution in [0, 0.1) is 0 Å². The highest BCUT2D eigenvalue weighted by molar-refractivity contribution is 7.88. The molecule has 2 rings (SSSR count). The van der Waals surface area contributed by atoms with Gasteiger partial charge in [-0.15, -0.1) is 0 Å². The second kappa shape index (κ2) is 4.86. The third-order valence-corrected chi connectivity index (χ3v) is 3.50. The Morgan fingerprint density at radius 1 is 1.10 bits per heavy atom. The monoisotopic (exact) mass is 306 g/mol. The Morgan fingerprint density at radius 3 is 2.40 bits per heavy atom. The number of halogens is 3. The molecule has 0 fully saturated rings. The first kappa shape index (κ1) is 14.4. The van der Waals surface area contributed by atoms with E-state index in [0.29, 0.717) is 16.5 Å². The number of ether oxygens (including phenoxy) is 1. The van der Waals surface area contributed by atoms with E-state index >= 15 is 0 Å². The molecule has 0 aliphatic carbocycles. The average Bonchev–Trinajstić information content (AvgIpc) is 2.35. The summed E-state index contributed by atoms with van der Waals surface area (Å²) in [5, 5.41) is 1.13. The molecule has 0 aliphatic rings. The van der Waals surface area contributed by atoms with Gasteiger partial charge in [0.15, 0.2) is 0 Å². The van der Waals surface area contributed by atoms with Crippen LogP contribution in [-0.4, -0.2) is 21.0 Å². The summed E-state index contributed by atoms with van der Waals surface area (Å²) >= 11 is 0. The number of benzene rings is 2. The summed E-state index contributed by atoms with van der Waals surface area (Å²) in [5.41, 5.74) is -5.46. The second-order valence-corrected chi connectivity index (χ2v) is 5.36. The van der Waals surface area contributed by atoms with E-state index in [4.69, 9.17) is 4.74 Å². The van der Waals surface area contributed by atoms with Gasteiger partial charge in [-0.3, -0.25) is 0 Å². The highest BCUT2D eigenvalue weighted by Crippen LogP contribution is 2.31. The predicted octanol–water partition coefficient (Wildman–Crippen LogP) is 3.08. The summed E-state index contributed by atoms with van der Waals surface area (Å²) in [6.45, 7) is 0. The molecule has 0 spiro atoms. The zero-order valence-electron chi connectivity index (χ0n) is 10.1. The highest BCUT2D eigenvalue weighted by atomic mass is 32.2. The molecule has 8 heteroatoms. The molecule has 0 aliphatic heterocycles. The maximum atomic E-state index is 12.2. The van der Waals surface area contributed by atoms with Gasteiger partial charge in [-0.05, 0) is 29.7 Å². The molecule has 0 saturated carbocycles. The van der Waals surface area contributed by atoms with Crippen molar-refractivity contribution in [2.45, 2.75) is 5.51 Å². The molecule has 2 aromatic carbocycles. The van der Waals surface area contributed by atoms with Crippen LogP contribution < -0.4 is 8.92 Å². The lowest BCUT2D eigenvalue weighted by molar-refractivity contribution is -0.0500. The normalized spacial score (nSPS) is 12.4. The molecule has 0 heterocycles. The van der Waals surface area contributed by atoms with Crippen molar-refractivity contribution >= 4 is 20.9 Å². The van der Waals surface area contributed by atoms with Crippen LogP contribution in [-0.2, 0) is 10.1 Å². The molecule has 0 saturated heterocycles. The topological polar surface area (TPSA) is 52.6 Å². The van der Waals surface area contributed by atoms with E-state index < -0.39 is 21.4 Å². The Bertz CT molecular complexity index is 738. The maximum Gasteiger partial charge on any atom is 0.534 e. The number of hydrogen-bond acceptors (Lipinski definition) is 4. The fraction of sp³-hybridized carbons (Fsp3) is 0.167. The lowest BCUT2D eigenvalue weighted by atomic mass is 10.1. The summed E-state index contributed by atoms with van der Waals surface area (Å²) in [6, 6.07) is 8.66. The van der Waals surface area contributed by atoms with E-state index in [1.165, 1.54) is 19.2 Å². The van der Waals surface area contributed by atoms with Crippen molar-refractivity contribution in [3.05, 3.63) is 36.4 Å². The van der Waals surface area contributed by atoms with E-state index in [0.717, 1.165) is 6.07 Å². The van der Waals surface area contributed by atoms with Crippen molar-refractivity contribution in [2.75, 3.05) is 7.11 Å². The van der Waals surface area contributed by atoms with Crippen LogP contribution in [0.3, 0.4) is 0 Å². The van der Waals surface area contributed by atoms with Gasteiger partial charge in [-0.1, -0.05) is 12.1 Å². The van der Waals surface area contributed by atoms with Crippen LogP contribution in [0.2, 0.25) is 0 Å². The Labute approximate surface area is 112 Å². The van der Waals surface area contributed by atoms with E-state index in [1.54, 1.807) is 18.2 Å². The average molecular weight is 306 g/mol. The van der Waals surface area contributed by atoms with Crippen LogP contribution in [0.5, 0.6) is 11.5 Å². The van der Waals surface area contributed by atoms with Gasteiger partial charge in [0, 0.05) is 5.39 Å². The van der Waals surface area contributed by atoms with Gasteiger partial charge in [-0.2, -0.15) is 21.6 Å². The summed E-state index contributed by atoms with van der Waals surface area (Å²) < 4.78 is 67.6. The van der Waals surface area contributed by atoms with Gasteiger partial charge in [0.2, 0.25) is 0 Å². The van der Waals surface area contributed by atoms with Gasteiger partial charge in [0.25, 0.3) is 0 Å². The minimum atomic E-state index is -5.67. The standard InChI is InChI=1S/C12H9F3O4S/c1-18-11-4-2-3-8-7-9(5-6-10(8)11)19-20(16,17)12(13,14)15/h2-7H,1H3. The van der Waals surface area contributed by atoms with Crippen molar-refractivity contribution in [3.8, 4) is 11.5 Å². The minimum Gasteiger partial charge on any atom is -0.496 e. The number of rotatable bonds is 3. The third-order valence-electron chi connectivity index (χ3n) is 2.52. The number of fused-ring (bicyclic) bond motifs is 1. The zero-order valence-corrected chi connectivity index (χ0v) is 11.0. The lowest BCUT2D eigenvalue weighted by Gasteiger charge is -2.10. The van der Waals surface area contributed by atoms with Crippen LogP contribution in [0.15, 0.2) is 36.4 Å². The molecule has 0 N–H and O–H groups in total. The predicted molar refractivity (Wildman–Crippen MR) is 66.1 cm³/mol. The molecule has 0 aromatic heterocycles.